The molecule has 180 valence electrons. The molecule has 0 aliphatic heterocycles. The van der Waals surface area contributed by atoms with E-state index in [1.165, 1.54) is 22.9 Å². The van der Waals surface area contributed by atoms with Crippen LogP contribution in [0.15, 0.2) is 69.3 Å². The van der Waals surface area contributed by atoms with E-state index < -0.39 is 26.1 Å². The van der Waals surface area contributed by atoms with Crippen LogP contribution in [0.3, 0.4) is 0 Å². The van der Waals surface area contributed by atoms with E-state index in [1.54, 1.807) is 57.2 Å². The molecule has 2 heterocycles. The van der Waals surface area contributed by atoms with Crippen molar-refractivity contribution in [3.63, 3.8) is 0 Å². The number of carbonyl (C=O) groups is 1. The Bertz CT molecular complexity index is 1660. The summed E-state index contributed by atoms with van der Waals surface area (Å²) in [5.74, 6) is -0.418. The molecule has 0 spiro atoms. The van der Waals surface area contributed by atoms with Crippen LogP contribution in [0.2, 0.25) is 5.02 Å². The van der Waals surface area contributed by atoms with Gasteiger partial charge in [-0.05, 0) is 69.2 Å². The molecule has 7 nitrogen and oxygen atoms in total. The van der Waals surface area contributed by atoms with Gasteiger partial charge in [0.25, 0.3) is 0 Å². The molecule has 1 N–H and O–H groups in total. The van der Waals surface area contributed by atoms with Crippen molar-refractivity contribution in [2.75, 3.05) is 5.32 Å². The topological polar surface area (TPSA) is 98.1 Å². The quantitative estimate of drug-likeness (QED) is 0.418. The molecule has 1 amide bonds. The summed E-state index contributed by atoms with van der Waals surface area (Å²) in [4.78, 5) is 30.3. The van der Waals surface area contributed by atoms with E-state index in [0.29, 0.717) is 27.5 Å². The lowest BCUT2D eigenvalue weighted by molar-refractivity contribution is -0.116. The van der Waals surface area contributed by atoms with E-state index in [1.807, 2.05) is 6.92 Å². The van der Waals surface area contributed by atoms with Crippen LogP contribution in [0.25, 0.3) is 11.0 Å². The van der Waals surface area contributed by atoms with Crippen LogP contribution in [0, 0.1) is 27.7 Å². The predicted molar refractivity (Wildman–Crippen MR) is 137 cm³/mol. The Hall–Kier alpha value is -3.49. The van der Waals surface area contributed by atoms with Crippen molar-refractivity contribution in [1.29, 1.82) is 0 Å². The van der Waals surface area contributed by atoms with Gasteiger partial charge in [-0.3, -0.25) is 9.59 Å². The summed E-state index contributed by atoms with van der Waals surface area (Å²) in [5.41, 5.74) is 2.89. The number of nitrogens with one attached hydrogen (secondary N) is 1. The second-order valence-corrected chi connectivity index (χ2v) is 10.8. The molecule has 0 atom stereocenters. The molecule has 2 aromatic carbocycles. The molecule has 0 fully saturated rings. The number of carbonyl (C=O) groups excluding carboxylic acids is 1. The van der Waals surface area contributed by atoms with Gasteiger partial charge in [0.05, 0.1) is 10.3 Å². The first-order chi connectivity index (χ1) is 16.5. The number of sulfone groups is 1. The summed E-state index contributed by atoms with van der Waals surface area (Å²) in [7, 11) is -4.16. The third kappa shape index (κ3) is 4.72. The summed E-state index contributed by atoms with van der Waals surface area (Å²) in [6.45, 7) is 6.83. The zero-order valence-corrected chi connectivity index (χ0v) is 21.3. The Kier molecular flexibility index (Phi) is 6.53. The molecule has 0 unspecified atom stereocenters. The first kappa shape index (κ1) is 24.6. The maximum absolute atomic E-state index is 13.6. The van der Waals surface area contributed by atoms with Gasteiger partial charge < -0.3 is 9.88 Å². The van der Waals surface area contributed by atoms with E-state index in [4.69, 9.17) is 11.6 Å². The summed E-state index contributed by atoms with van der Waals surface area (Å²) < 4.78 is 28.5. The van der Waals surface area contributed by atoms with Gasteiger partial charge in [-0.15, -0.1) is 0 Å². The number of aryl methyl sites for hydroxylation is 3. The fourth-order valence-corrected chi connectivity index (χ4v) is 5.71. The van der Waals surface area contributed by atoms with Gasteiger partial charge in [-0.1, -0.05) is 35.4 Å². The van der Waals surface area contributed by atoms with E-state index in [-0.39, 0.29) is 22.5 Å². The molecular weight excluding hydrogens is 486 g/mol. The predicted octanol–water partition coefficient (Wildman–Crippen LogP) is 4.76. The van der Waals surface area contributed by atoms with E-state index in [9.17, 15) is 18.0 Å². The Labute approximate surface area is 208 Å². The molecule has 35 heavy (non-hydrogen) atoms. The van der Waals surface area contributed by atoms with E-state index in [0.717, 1.165) is 5.56 Å². The Morgan fingerprint density at radius 3 is 2.49 bits per heavy atom. The Morgan fingerprint density at radius 1 is 1.03 bits per heavy atom. The number of nitrogens with zero attached hydrogens (tertiary/aromatic N) is 2. The lowest BCUT2D eigenvalue weighted by atomic mass is 10.2. The van der Waals surface area contributed by atoms with Gasteiger partial charge in [0.2, 0.25) is 21.2 Å². The molecule has 0 bridgehead atoms. The maximum atomic E-state index is 13.6. The molecule has 2 aromatic heterocycles. The second kappa shape index (κ2) is 9.28. The highest BCUT2D eigenvalue weighted by molar-refractivity contribution is 7.91. The molecule has 0 aliphatic rings. The number of aromatic nitrogens is 2. The van der Waals surface area contributed by atoms with Crippen molar-refractivity contribution in [3.8, 4) is 0 Å². The summed E-state index contributed by atoms with van der Waals surface area (Å²) >= 11 is 6.15. The molecule has 4 rings (SSSR count). The fraction of sp³-hybridized carbons (Fsp3) is 0.192. The SMILES string of the molecule is Cc1ccc(S(=O)(=O)c2cn(CC(=O)Nc3cccc(Cl)c3C)c3nc(C)ccc3c2=O)c(C)c1. The molecule has 0 aliphatic carbocycles. The first-order valence-electron chi connectivity index (χ1n) is 10.9. The second-order valence-electron chi connectivity index (χ2n) is 8.51. The summed E-state index contributed by atoms with van der Waals surface area (Å²) in [5, 5.41) is 3.43. The van der Waals surface area contributed by atoms with Crippen molar-refractivity contribution < 1.29 is 13.2 Å². The average molecular weight is 510 g/mol. The van der Waals surface area contributed by atoms with Gasteiger partial charge in [0, 0.05) is 22.6 Å². The fourth-order valence-electron chi connectivity index (χ4n) is 3.95. The zero-order valence-electron chi connectivity index (χ0n) is 19.7. The normalized spacial score (nSPS) is 11.6. The molecule has 4 aromatic rings. The molecular formula is C26H24ClN3O4S. The summed E-state index contributed by atoms with van der Waals surface area (Å²) in [6.07, 6.45) is 1.20. The minimum atomic E-state index is -4.16. The van der Waals surface area contributed by atoms with Crippen LogP contribution in [-0.2, 0) is 21.2 Å². The highest BCUT2D eigenvalue weighted by Gasteiger charge is 2.26. The van der Waals surface area contributed by atoms with Crippen molar-refractivity contribution in [2.24, 2.45) is 0 Å². The van der Waals surface area contributed by atoms with E-state index >= 15 is 0 Å². The number of halogens is 1. The maximum Gasteiger partial charge on any atom is 0.244 e. The van der Waals surface area contributed by atoms with Crippen LogP contribution in [0.1, 0.15) is 22.4 Å². The molecule has 0 saturated heterocycles. The third-order valence-corrected chi connectivity index (χ3v) is 8.11. The number of fused-ring (bicyclic) bond motifs is 1. The van der Waals surface area contributed by atoms with Crippen molar-refractivity contribution in [3.05, 3.63) is 92.4 Å². The van der Waals surface area contributed by atoms with Crippen molar-refractivity contribution in [1.82, 2.24) is 9.55 Å². The van der Waals surface area contributed by atoms with E-state index in [2.05, 4.69) is 10.3 Å². The zero-order chi connectivity index (χ0) is 25.5. The van der Waals surface area contributed by atoms with Gasteiger partial charge >= 0.3 is 0 Å². The Balaban J connectivity index is 1.85. The number of pyridine rings is 2. The number of rotatable bonds is 5. The van der Waals surface area contributed by atoms with Crippen LogP contribution in [0.4, 0.5) is 5.69 Å². The van der Waals surface area contributed by atoms with Gasteiger partial charge in [0.1, 0.15) is 17.1 Å². The molecule has 9 heteroatoms. The largest absolute Gasteiger partial charge is 0.324 e. The van der Waals surface area contributed by atoms with Crippen LogP contribution in [-0.4, -0.2) is 23.9 Å². The standard InChI is InChI=1S/C26H24ClN3O4S/c1-15-8-11-22(16(2)12-15)35(33,34)23-13-30(26-19(25(23)32)10-9-17(3)28-26)14-24(31)29-21-7-5-6-20(27)18(21)4/h5-13H,14H2,1-4H3,(H,29,31). The third-order valence-electron chi connectivity index (χ3n) is 5.79. The highest BCUT2D eigenvalue weighted by atomic mass is 35.5. The number of amides is 1. The minimum absolute atomic E-state index is 0.0465. The summed E-state index contributed by atoms with van der Waals surface area (Å²) in [6, 6.07) is 13.3. The highest BCUT2D eigenvalue weighted by Crippen LogP contribution is 2.25. The first-order valence-corrected chi connectivity index (χ1v) is 12.7. The van der Waals surface area contributed by atoms with Crippen LogP contribution < -0.4 is 10.7 Å². The van der Waals surface area contributed by atoms with Crippen molar-refractivity contribution >= 4 is 44.1 Å². The lowest BCUT2D eigenvalue weighted by Crippen LogP contribution is -2.25. The Morgan fingerprint density at radius 2 is 1.77 bits per heavy atom. The van der Waals surface area contributed by atoms with Gasteiger partial charge in [-0.25, -0.2) is 13.4 Å². The lowest BCUT2D eigenvalue weighted by Gasteiger charge is -2.15. The van der Waals surface area contributed by atoms with Gasteiger partial charge in [-0.2, -0.15) is 0 Å². The number of hydrogen-bond donors (Lipinski definition) is 1. The van der Waals surface area contributed by atoms with Gasteiger partial charge in [0.15, 0.2) is 0 Å². The smallest absolute Gasteiger partial charge is 0.244 e. The van der Waals surface area contributed by atoms with Crippen LogP contribution >= 0.6 is 11.6 Å². The number of hydrogen-bond acceptors (Lipinski definition) is 5. The molecule has 0 saturated carbocycles. The number of anilines is 1. The average Bonchev–Trinajstić information content (AvgIpc) is 2.78. The minimum Gasteiger partial charge on any atom is -0.324 e. The molecule has 0 radical (unpaired) electrons. The number of benzene rings is 2. The van der Waals surface area contributed by atoms with Crippen LogP contribution in [0.5, 0.6) is 0 Å². The monoisotopic (exact) mass is 509 g/mol. The van der Waals surface area contributed by atoms with Crippen molar-refractivity contribution in [2.45, 2.75) is 44.0 Å².